The van der Waals surface area contributed by atoms with E-state index in [0.29, 0.717) is 17.9 Å². The van der Waals surface area contributed by atoms with Gasteiger partial charge in [-0.15, -0.1) is 0 Å². The van der Waals surface area contributed by atoms with Crippen molar-refractivity contribution in [2.75, 3.05) is 43.1 Å². The number of rotatable bonds is 7. The van der Waals surface area contributed by atoms with Crippen molar-refractivity contribution in [1.82, 2.24) is 5.32 Å². The SMILES string of the molecule is CNCCCN(C)c1ccc(C(F)(F)F)cc1NC(=O)c1ccc(C)c(N)c1. The number of carbonyl (C=O) groups is 1. The lowest BCUT2D eigenvalue weighted by atomic mass is 10.1. The molecule has 0 unspecified atom stereocenters. The smallest absolute Gasteiger partial charge is 0.398 e. The molecule has 0 spiro atoms. The number of nitrogens with one attached hydrogen (secondary N) is 2. The van der Waals surface area contributed by atoms with E-state index in [-0.39, 0.29) is 11.3 Å². The fourth-order valence-electron chi connectivity index (χ4n) is 2.74. The largest absolute Gasteiger partial charge is 0.416 e. The Hall–Kier alpha value is -2.74. The van der Waals surface area contributed by atoms with Crippen LogP contribution in [0.5, 0.6) is 0 Å². The molecule has 0 aliphatic rings. The average molecular weight is 394 g/mol. The second kappa shape index (κ2) is 8.97. The van der Waals surface area contributed by atoms with Crippen LogP contribution in [0.3, 0.4) is 0 Å². The Bertz CT molecular complexity index is 837. The van der Waals surface area contributed by atoms with E-state index in [1.54, 1.807) is 19.2 Å². The number of benzene rings is 2. The second-order valence-electron chi connectivity index (χ2n) is 6.63. The van der Waals surface area contributed by atoms with Crippen molar-refractivity contribution in [2.45, 2.75) is 19.5 Å². The van der Waals surface area contributed by atoms with Gasteiger partial charge in [-0.05, 0) is 62.8 Å². The molecule has 0 fully saturated rings. The molecule has 0 aromatic heterocycles. The van der Waals surface area contributed by atoms with Gasteiger partial charge >= 0.3 is 6.18 Å². The highest BCUT2D eigenvalue weighted by atomic mass is 19.4. The van der Waals surface area contributed by atoms with Crippen LogP contribution in [0.1, 0.15) is 27.9 Å². The van der Waals surface area contributed by atoms with Gasteiger partial charge in [0, 0.05) is 24.8 Å². The van der Waals surface area contributed by atoms with E-state index >= 15 is 0 Å². The summed E-state index contributed by atoms with van der Waals surface area (Å²) in [4.78, 5) is 14.4. The molecule has 4 N–H and O–H groups in total. The molecule has 0 saturated heterocycles. The van der Waals surface area contributed by atoms with Crippen LogP contribution in [0, 0.1) is 6.92 Å². The van der Waals surface area contributed by atoms with Gasteiger partial charge in [0.2, 0.25) is 0 Å². The van der Waals surface area contributed by atoms with Crippen molar-refractivity contribution in [3.8, 4) is 0 Å². The van der Waals surface area contributed by atoms with Crippen LogP contribution in [0.4, 0.5) is 30.2 Å². The number of nitrogens with zero attached hydrogens (tertiary/aromatic N) is 1. The molecule has 0 aliphatic heterocycles. The maximum atomic E-state index is 13.2. The fourth-order valence-corrected chi connectivity index (χ4v) is 2.74. The van der Waals surface area contributed by atoms with Gasteiger partial charge < -0.3 is 21.3 Å². The van der Waals surface area contributed by atoms with Gasteiger partial charge in [0.05, 0.1) is 16.9 Å². The maximum Gasteiger partial charge on any atom is 0.416 e. The van der Waals surface area contributed by atoms with Gasteiger partial charge in [-0.2, -0.15) is 13.2 Å². The van der Waals surface area contributed by atoms with Crippen LogP contribution in [0.2, 0.25) is 0 Å². The van der Waals surface area contributed by atoms with Crippen LogP contribution in [0.15, 0.2) is 36.4 Å². The molecule has 0 atom stereocenters. The third-order valence-electron chi connectivity index (χ3n) is 4.45. The molecule has 0 heterocycles. The standard InChI is InChI=1S/C20H25F3N4O/c1-13-5-6-14(11-16(13)24)19(28)26-17-12-15(20(21,22)23)7-8-18(17)27(3)10-4-9-25-2/h5-8,11-12,25H,4,9-10,24H2,1-3H3,(H,26,28). The highest BCUT2D eigenvalue weighted by Gasteiger charge is 2.31. The van der Waals surface area contributed by atoms with Crippen LogP contribution in [0.25, 0.3) is 0 Å². The first-order chi connectivity index (χ1) is 13.1. The number of anilines is 3. The van der Waals surface area contributed by atoms with Crippen molar-refractivity contribution in [3.05, 3.63) is 53.1 Å². The molecule has 2 rings (SSSR count). The molecule has 0 radical (unpaired) electrons. The number of nitrogen functional groups attached to an aromatic ring is 1. The predicted molar refractivity (Wildman–Crippen MR) is 107 cm³/mol. The third kappa shape index (κ3) is 5.39. The molecule has 152 valence electrons. The molecule has 5 nitrogen and oxygen atoms in total. The Kier molecular flexibility index (Phi) is 6.90. The average Bonchev–Trinajstić information content (AvgIpc) is 2.63. The van der Waals surface area contributed by atoms with Gasteiger partial charge in [0.15, 0.2) is 0 Å². The van der Waals surface area contributed by atoms with Gasteiger partial charge in [-0.1, -0.05) is 6.07 Å². The number of carbonyl (C=O) groups excluding carboxylic acids is 1. The summed E-state index contributed by atoms with van der Waals surface area (Å²) >= 11 is 0. The number of alkyl halides is 3. The van der Waals surface area contributed by atoms with Gasteiger partial charge in [-0.25, -0.2) is 0 Å². The molecule has 8 heteroatoms. The zero-order chi connectivity index (χ0) is 20.9. The topological polar surface area (TPSA) is 70.4 Å². The summed E-state index contributed by atoms with van der Waals surface area (Å²) in [5.74, 6) is -0.518. The molecule has 0 saturated carbocycles. The van der Waals surface area contributed by atoms with E-state index in [9.17, 15) is 18.0 Å². The van der Waals surface area contributed by atoms with Crippen LogP contribution in [-0.2, 0) is 6.18 Å². The first kappa shape index (κ1) is 21.6. The summed E-state index contributed by atoms with van der Waals surface area (Å²) < 4.78 is 39.5. The number of amides is 1. The lowest BCUT2D eigenvalue weighted by Gasteiger charge is -2.24. The Balaban J connectivity index is 2.34. The molecule has 0 aliphatic carbocycles. The Morgan fingerprint density at radius 1 is 1.18 bits per heavy atom. The van der Waals surface area contributed by atoms with Crippen LogP contribution >= 0.6 is 0 Å². The first-order valence-electron chi connectivity index (χ1n) is 8.88. The van der Waals surface area contributed by atoms with E-state index in [1.807, 2.05) is 18.9 Å². The normalized spacial score (nSPS) is 11.4. The second-order valence-corrected chi connectivity index (χ2v) is 6.63. The van der Waals surface area contributed by atoms with E-state index in [4.69, 9.17) is 5.73 Å². The summed E-state index contributed by atoms with van der Waals surface area (Å²) in [6.07, 6.45) is -3.70. The Morgan fingerprint density at radius 3 is 2.50 bits per heavy atom. The summed E-state index contributed by atoms with van der Waals surface area (Å²) in [7, 11) is 3.61. The van der Waals surface area contributed by atoms with E-state index < -0.39 is 17.6 Å². The van der Waals surface area contributed by atoms with Gasteiger partial charge in [-0.3, -0.25) is 4.79 Å². The zero-order valence-electron chi connectivity index (χ0n) is 16.2. The monoisotopic (exact) mass is 394 g/mol. The minimum Gasteiger partial charge on any atom is -0.398 e. The quantitative estimate of drug-likeness (QED) is 0.492. The van der Waals surface area contributed by atoms with Crippen molar-refractivity contribution in [3.63, 3.8) is 0 Å². The minimum atomic E-state index is -4.50. The zero-order valence-corrected chi connectivity index (χ0v) is 16.2. The lowest BCUT2D eigenvalue weighted by Crippen LogP contribution is -2.24. The summed E-state index contributed by atoms with van der Waals surface area (Å²) in [6.45, 7) is 3.20. The van der Waals surface area contributed by atoms with Crippen molar-refractivity contribution in [2.24, 2.45) is 0 Å². The Morgan fingerprint density at radius 2 is 1.89 bits per heavy atom. The number of nitrogens with two attached hydrogens (primary N) is 1. The van der Waals surface area contributed by atoms with E-state index in [0.717, 1.165) is 30.7 Å². The minimum absolute atomic E-state index is 0.103. The molecule has 2 aromatic rings. The molecule has 0 bridgehead atoms. The summed E-state index contributed by atoms with van der Waals surface area (Å²) in [5, 5.41) is 5.63. The van der Waals surface area contributed by atoms with Crippen molar-refractivity contribution in [1.29, 1.82) is 0 Å². The molecule has 2 aromatic carbocycles. The maximum absolute atomic E-state index is 13.2. The number of aryl methyl sites for hydroxylation is 1. The van der Waals surface area contributed by atoms with E-state index in [1.165, 1.54) is 12.1 Å². The van der Waals surface area contributed by atoms with Crippen LogP contribution in [-0.4, -0.2) is 33.1 Å². The highest BCUT2D eigenvalue weighted by molar-refractivity contribution is 6.06. The molecule has 1 amide bonds. The van der Waals surface area contributed by atoms with Gasteiger partial charge in [0.25, 0.3) is 5.91 Å². The molecular formula is C20H25F3N4O. The van der Waals surface area contributed by atoms with Crippen molar-refractivity contribution < 1.29 is 18.0 Å². The fraction of sp³-hybridized carbons (Fsp3) is 0.350. The highest BCUT2D eigenvalue weighted by Crippen LogP contribution is 2.35. The summed E-state index contributed by atoms with van der Waals surface area (Å²) in [6, 6.07) is 8.14. The van der Waals surface area contributed by atoms with E-state index in [2.05, 4.69) is 10.6 Å². The van der Waals surface area contributed by atoms with Crippen molar-refractivity contribution >= 4 is 23.0 Å². The number of hydrogen-bond acceptors (Lipinski definition) is 4. The summed E-state index contributed by atoms with van der Waals surface area (Å²) in [5.41, 5.74) is 7.18. The number of hydrogen-bond donors (Lipinski definition) is 3. The predicted octanol–water partition coefficient (Wildman–Crippen LogP) is 3.89. The van der Waals surface area contributed by atoms with Crippen LogP contribution < -0.4 is 21.3 Å². The first-order valence-corrected chi connectivity index (χ1v) is 8.88. The molecular weight excluding hydrogens is 369 g/mol. The lowest BCUT2D eigenvalue weighted by molar-refractivity contribution is -0.137. The number of halogens is 3. The molecule has 28 heavy (non-hydrogen) atoms. The van der Waals surface area contributed by atoms with Gasteiger partial charge in [0.1, 0.15) is 0 Å². The third-order valence-corrected chi connectivity index (χ3v) is 4.45. The Labute approximate surface area is 162 Å².